The number of aryl methyl sites for hydroxylation is 1. The number of fused-ring (bicyclic) bond motifs is 1. The number of carbonyl (C=O) groups excluding carboxylic acids is 1. The Balaban J connectivity index is 0.000000845. The molecule has 1 aliphatic heterocycles. The van der Waals surface area contributed by atoms with Crippen molar-refractivity contribution in [3.8, 4) is 0 Å². The Kier molecular flexibility index (Phi) is 4.12. The summed E-state index contributed by atoms with van der Waals surface area (Å²) in [6.45, 7) is 0.885. The molecule has 0 N–H and O–H groups in total. The van der Waals surface area contributed by atoms with E-state index in [9.17, 15) is 9.90 Å². The molecule has 0 radical (unpaired) electrons. The van der Waals surface area contributed by atoms with Gasteiger partial charge in [0.2, 0.25) is 0 Å². The second-order valence-electron chi connectivity index (χ2n) is 2.98. The van der Waals surface area contributed by atoms with Gasteiger partial charge in [-0.2, -0.15) is 0 Å². The summed E-state index contributed by atoms with van der Waals surface area (Å²) in [7, 11) is 0. The fourth-order valence-corrected chi connectivity index (χ4v) is 1.61. The Labute approximate surface area is 119 Å². The maximum Gasteiger partial charge on any atom is 1.00 e. The minimum Gasteiger partial charge on any atom is -0.543 e. The molecule has 0 fully saturated rings. The van der Waals surface area contributed by atoms with Gasteiger partial charge in [0.15, 0.2) is 0 Å². The van der Waals surface area contributed by atoms with E-state index in [0.717, 1.165) is 31.5 Å². The molecule has 1 aromatic heterocycles. The average molecular weight is 204 g/mol. The molecule has 0 atom stereocenters. The molecule has 2 rings (SSSR count). The van der Waals surface area contributed by atoms with Gasteiger partial charge in [-0.25, -0.2) is 4.98 Å². The first-order valence-electron chi connectivity index (χ1n) is 4.04. The first-order valence-corrected chi connectivity index (χ1v) is 4.04. The van der Waals surface area contributed by atoms with Gasteiger partial charge in [0, 0.05) is 12.2 Å². The average Bonchev–Trinajstić information content (AvgIpc) is 2.47. The van der Waals surface area contributed by atoms with E-state index >= 15 is 0 Å². The van der Waals surface area contributed by atoms with Crippen LogP contribution >= 0.6 is 0 Å². The molecule has 0 spiro atoms. The first kappa shape index (κ1) is 11.4. The third-order valence-corrected chi connectivity index (χ3v) is 2.20. The molecule has 0 saturated carbocycles. The second-order valence-corrected chi connectivity index (χ2v) is 2.98. The van der Waals surface area contributed by atoms with E-state index in [1.54, 1.807) is 6.33 Å². The SMILES string of the molecule is O=C([O-])c1ncn2c1CCCC2.[K+]. The van der Waals surface area contributed by atoms with Crippen LogP contribution < -0.4 is 56.5 Å². The Bertz CT molecular complexity index is 322. The predicted molar refractivity (Wildman–Crippen MR) is 39.5 cm³/mol. The Morgan fingerprint density at radius 1 is 1.54 bits per heavy atom. The third-order valence-electron chi connectivity index (χ3n) is 2.20. The summed E-state index contributed by atoms with van der Waals surface area (Å²) in [6, 6.07) is 0. The van der Waals surface area contributed by atoms with Gasteiger partial charge in [-0.1, -0.05) is 0 Å². The zero-order chi connectivity index (χ0) is 8.55. The molecule has 0 aliphatic carbocycles. The van der Waals surface area contributed by atoms with Crippen molar-refractivity contribution in [3.63, 3.8) is 0 Å². The topological polar surface area (TPSA) is 57.9 Å². The van der Waals surface area contributed by atoms with Gasteiger partial charge in [0.1, 0.15) is 5.69 Å². The van der Waals surface area contributed by atoms with Gasteiger partial charge in [0.25, 0.3) is 0 Å². The number of nitrogens with zero attached hydrogens (tertiary/aromatic N) is 2. The molecule has 1 aliphatic rings. The van der Waals surface area contributed by atoms with Crippen LogP contribution in [0.5, 0.6) is 0 Å². The number of rotatable bonds is 1. The molecule has 0 aromatic carbocycles. The predicted octanol–water partition coefficient (Wildman–Crippen LogP) is -3.41. The fourth-order valence-electron chi connectivity index (χ4n) is 1.61. The minimum absolute atomic E-state index is 0. The molecule has 0 amide bonds. The molecule has 64 valence electrons. The number of aromatic carboxylic acids is 1. The largest absolute Gasteiger partial charge is 1.00 e. The van der Waals surface area contributed by atoms with E-state index in [1.165, 1.54) is 0 Å². The van der Waals surface area contributed by atoms with Crippen LogP contribution in [0.1, 0.15) is 29.0 Å². The van der Waals surface area contributed by atoms with Crippen molar-refractivity contribution in [1.29, 1.82) is 0 Å². The molecular weight excluding hydrogens is 195 g/mol. The van der Waals surface area contributed by atoms with Crippen LogP contribution in [0, 0.1) is 0 Å². The van der Waals surface area contributed by atoms with Crippen LogP contribution in [0.15, 0.2) is 6.33 Å². The smallest absolute Gasteiger partial charge is 0.543 e. The standard InChI is InChI=1S/C8H10N2O2.K/c11-8(12)7-6-3-1-2-4-10(6)5-9-7;/h5H,1-4H2,(H,11,12);/q;+1/p-1. The fraction of sp³-hybridized carbons (Fsp3) is 0.500. The third kappa shape index (κ3) is 2.22. The zero-order valence-corrected chi connectivity index (χ0v) is 10.7. The normalized spacial score (nSPS) is 14.5. The van der Waals surface area contributed by atoms with E-state index in [2.05, 4.69) is 4.98 Å². The van der Waals surface area contributed by atoms with E-state index in [4.69, 9.17) is 0 Å². The Morgan fingerprint density at radius 2 is 2.31 bits per heavy atom. The molecule has 4 nitrogen and oxygen atoms in total. The van der Waals surface area contributed by atoms with Crippen LogP contribution in [-0.2, 0) is 13.0 Å². The second kappa shape index (κ2) is 4.70. The molecule has 2 heterocycles. The van der Waals surface area contributed by atoms with Crippen LogP contribution in [0.4, 0.5) is 0 Å². The summed E-state index contributed by atoms with van der Waals surface area (Å²) in [5, 5.41) is 10.5. The van der Waals surface area contributed by atoms with Crippen molar-refractivity contribution >= 4 is 5.97 Å². The summed E-state index contributed by atoms with van der Waals surface area (Å²) < 4.78 is 1.90. The van der Waals surface area contributed by atoms with Crippen LogP contribution in [0.3, 0.4) is 0 Å². The van der Waals surface area contributed by atoms with Crippen molar-refractivity contribution in [2.75, 3.05) is 0 Å². The van der Waals surface area contributed by atoms with Crippen LogP contribution in [-0.4, -0.2) is 15.5 Å². The maximum atomic E-state index is 10.5. The molecule has 13 heavy (non-hydrogen) atoms. The number of carbonyl (C=O) groups is 1. The van der Waals surface area contributed by atoms with Gasteiger partial charge in [-0.15, -0.1) is 0 Å². The van der Waals surface area contributed by atoms with Crippen molar-refractivity contribution in [1.82, 2.24) is 9.55 Å². The number of imidazole rings is 1. The Morgan fingerprint density at radius 3 is 3.00 bits per heavy atom. The molecule has 0 bridgehead atoms. The van der Waals surface area contributed by atoms with Crippen molar-refractivity contribution in [3.05, 3.63) is 17.7 Å². The number of aromatic nitrogens is 2. The van der Waals surface area contributed by atoms with Gasteiger partial charge >= 0.3 is 51.4 Å². The summed E-state index contributed by atoms with van der Waals surface area (Å²) in [5.41, 5.74) is 0.941. The minimum atomic E-state index is -1.16. The summed E-state index contributed by atoms with van der Waals surface area (Å²) in [6.07, 6.45) is 4.55. The van der Waals surface area contributed by atoms with E-state index in [0.29, 0.717) is 0 Å². The number of carboxylic acid groups (broad SMARTS) is 1. The first-order chi connectivity index (χ1) is 5.79. The van der Waals surface area contributed by atoms with E-state index < -0.39 is 5.97 Å². The van der Waals surface area contributed by atoms with Gasteiger partial charge in [-0.3, -0.25) is 0 Å². The molecule has 1 aromatic rings. The summed E-state index contributed by atoms with van der Waals surface area (Å²) >= 11 is 0. The van der Waals surface area contributed by atoms with E-state index in [1.807, 2.05) is 4.57 Å². The van der Waals surface area contributed by atoms with Gasteiger partial charge < -0.3 is 14.5 Å². The monoisotopic (exact) mass is 204 g/mol. The summed E-state index contributed by atoms with van der Waals surface area (Å²) in [5.74, 6) is -1.16. The van der Waals surface area contributed by atoms with Gasteiger partial charge in [0.05, 0.1) is 12.3 Å². The summed E-state index contributed by atoms with van der Waals surface area (Å²) in [4.78, 5) is 14.3. The number of hydrogen-bond donors (Lipinski definition) is 0. The number of hydrogen-bond acceptors (Lipinski definition) is 3. The van der Waals surface area contributed by atoms with E-state index in [-0.39, 0.29) is 57.1 Å². The van der Waals surface area contributed by atoms with Crippen molar-refractivity contribution < 1.29 is 61.3 Å². The van der Waals surface area contributed by atoms with Crippen molar-refractivity contribution in [2.45, 2.75) is 25.8 Å². The van der Waals surface area contributed by atoms with Crippen LogP contribution in [0.25, 0.3) is 0 Å². The molecule has 0 saturated heterocycles. The van der Waals surface area contributed by atoms with Gasteiger partial charge in [-0.05, 0) is 19.3 Å². The maximum absolute atomic E-state index is 10.5. The zero-order valence-electron chi connectivity index (χ0n) is 7.62. The Hall–Kier alpha value is 0.316. The molecule has 5 heteroatoms. The molecule has 0 unspecified atom stereocenters. The van der Waals surface area contributed by atoms with Crippen LogP contribution in [0.2, 0.25) is 0 Å². The molecular formula is C8H9KN2O2. The quantitative estimate of drug-likeness (QED) is 0.448. The number of carboxylic acids is 1. The van der Waals surface area contributed by atoms with Crippen molar-refractivity contribution in [2.24, 2.45) is 0 Å².